The van der Waals surface area contributed by atoms with E-state index in [4.69, 9.17) is 30.6 Å². The molecule has 0 aromatic carbocycles. The van der Waals surface area contributed by atoms with E-state index in [1.54, 1.807) is 0 Å². The molecule has 0 saturated heterocycles. The number of nitrogens with zero attached hydrogens (tertiary/aromatic N) is 2. The standard InChI is InChI=1S/2NO3.Zr/c2*2-1(3)4;/q2*-1;. The second-order valence-electron chi connectivity index (χ2n) is 0.447. The van der Waals surface area contributed by atoms with Crippen molar-refractivity contribution in [1.29, 1.82) is 0 Å². The van der Waals surface area contributed by atoms with Crippen molar-refractivity contribution in [3.05, 3.63) is 30.6 Å². The van der Waals surface area contributed by atoms with Gasteiger partial charge in [-0.1, -0.05) is 0 Å². The largest absolute Gasteiger partial charge is 0.356 e. The molecule has 0 aliphatic carbocycles. The molecule has 0 unspecified atom stereocenters. The van der Waals surface area contributed by atoms with Crippen LogP contribution in [0.4, 0.5) is 0 Å². The topological polar surface area (TPSA) is 132 Å². The van der Waals surface area contributed by atoms with Crippen molar-refractivity contribution in [2.45, 2.75) is 0 Å². The molecule has 52 valence electrons. The number of hydrogen-bond donors (Lipinski definition) is 0. The molecule has 0 N–H and O–H groups in total. The monoisotopic (exact) mass is 214 g/mol. The summed E-state index contributed by atoms with van der Waals surface area (Å²) in [4.78, 5) is 16.5. The first-order valence-corrected chi connectivity index (χ1v) is 1.10. The Hall–Kier alpha value is -0.717. The van der Waals surface area contributed by atoms with Gasteiger partial charge in [-0.15, -0.1) is 0 Å². The first-order valence-electron chi connectivity index (χ1n) is 1.10. The minimum atomic E-state index is -1.75. The van der Waals surface area contributed by atoms with Crippen LogP contribution in [0.5, 0.6) is 0 Å². The summed E-state index contributed by atoms with van der Waals surface area (Å²) < 4.78 is 0. The molecule has 9 heavy (non-hydrogen) atoms. The molecule has 8 nitrogen and oxygen atoms in total. The van der Waals surface area contributed by atoms with E-state index in [-0.39, 0.29) is 26.2 Å². The number of hydrogen-bond acceptors (Lipinski definition) is 6. The van der Waals surface area contributed by atoms with Crippen LogP contribution in [0.2, 0.25) is 0 Å². The molecule has 0 fully saturated rings. The van der Waals surface area contributed by atoms with Crippen LogP contribution in [-0.2, 0) is 26.2 Å². The molecule has 0 heterocycles. The summed E-state index contributed by atoms with van der Waals surface area (Å²) in [6.07, 6.45) is 0. The molecule has 0 aliphatic rings. The Balaban J connectivity index is -0.0000000720. The van der Waals surface area contributed by atoms with Gasteiger partial charge in [0.15, 0.2) is 0 Å². The Kier molecular flexibility index (Phi) is 18.0. The molecule has 9 heteroatoms. The Morgan fingerprint density at radius 2 is 0.778 bits per heavy atom. The SMILES string of the molecule is O=[N+]([O-])[O-].O=[N+]([O-])[O-].[Zr]. The minimum absolute atomic E-state index is 0. The molecule has 0 amide bonds. The number of rotatable bonds is 0. The summed E-state index contributed by atoms with van der Waals surface area (Å²) in [6.45, 7) is 0. The van der Waals surface area contributed by atoms with Gasteiger partial charge in [0, 0.05) is 26.2 Å². The first-order chi connectivity index (χ1) is 3.46. The Labute approximate surface area is 67.4 Å². The summed E-state index contributed by atoms with van der Waals surface area (Å²) in [5.41, 5.74) is 0. The Morgan fingerprint density at radius 3 is 0.778 bits per heavy atom. The van der Waals surface area contributed by atoms with Crippen molar-refractivity contribution in [2.75, 3.05) is 0 Å². The second kappa shape index (κ2) is 10.3. The van der Waals surface area contributed by atoms with Crippen molar-refractivity contribution in [3.8, 4) is 0 Å². The average Bonchev–Trinajstić information content (AvgIpc) is 1.25. The molecule has 0 aliphatic heterocycles. The van der Waals surface area contributed by atoms with Gasteiger partial charge in [-0.05, 0) is 0 Å². The fourth-order valence-corrected chi connectivity index (χ4v) is 0. The van der Waals surface area contributed by atoms with Crippen LogP contribution in [0.3, 0.4) is 0 Å². The fourth-order valence-electron chi connectivity index (χ4n) is 0. The summed E-state index contributed by atoms with van der Waals surface area (Å²) >= 11 is 0. The maximum Gasteiger partial charge on any atom is 0.0689 e. The molecule has 0 bridgehead atoms. The van der Waals surface area contributed by atoms with Gasteiger partial charge in [-0.2, -0.15) is 0 Å². The summed E-state index contributed by atoms with van der Waals surface area (Å²) in [7, 11) is 0. The zero-order valence-electron chi connectivity index (χ0n) is 3.84. The zero-order valence-corrected chi connectivity index (χ0v) is 6.30. The molecule has 0 atom stereocenters. The smallest absolute Gasteiger partial charge is 0.0689 e. The van der Waals surface area contributed by atoms with E-state index in [9.17, 15) is 0 Å². The van der Waals surface area contributed by atoms with Gasteiger partial charge in [-0.3, -0.25) is 0 Å². The van der Waals surface area contributed by atoms with Crippen LogP contribution in [0.15, 0.2) is 0 Å². The predicted octanol–water partition coefficient (Wildman–Crippen LogP) is -0.481. The van der Waals surface area contributed by atoms with E-state index in [0.717, 1.165) is 0 Å². The third-order valence-electron chi connectivity index (χ3n) is 0. The van der Waals surface area contributed by atoms with Crippen molar-refractivity contribution in [3.63, 3.8) is 0 Å². The van der Waals surface area contributed by atoms with Crippen LogP contribution >= 0.6 is 0 Å². The van der Waals surface area contributed by atoms with E-state index >= 15 is 0 Å². The summed E-state index contributed by atoms with van der Waals surface area (Å²) in [5, 5.41) is 29.5. The van der Waals surface area contributed by atoms with Gasteiger partial charge >= 0.3 is 0 Å². The first kappa shape index (κ1) is 15.7. The molecule has 0 rings (SSSR count). The minimum Gasteiger partial charge on any atom is -0.356 e. The predicted molar refractivity (Wildman–Crippen MR) is 20.7 cm³/mol. The quantitative estimate of drug-likeness (QED) is 0.395. The molecular formula is N2O6Zr-2. The van der Waals surface area contributed by atoms with Gasteiger partial charge in [0.2, 0.25) is 0 Å². The molecule has 0 aromatic heterocycles. The van der Waals surface area contributed by atoms with E-state index in [0.29, 0.717) is 0 Å². The van der Waals surface area contributed by atoms with Crippen molar-refractivity contribution in [2.24, 2.45) is 0 Å². The van der Waals surface area contributed by atoms with Gasteiger partial charge in [0.25, 0.3) is 0 Å². The van der Waals surface area contributed by atoms with Crippen LogP contribution in [-0.4, -0.2) is 10.2 Å². The van der Waals surface area contributed by atoms with E-state index in [1.165, 1.54) is 0 Å². The third kappa shape index (κ3) is 396. The Morgan fingerprint density at radius 1 is 0.778 bits per heavy atom. The average molecular weight is 215 g/mol. The van der Waals surface area contributed by atoms with E-state index in [1.807, 2.05) is 0 Å². The van der Waals surface area contributed by atoms with Crippen LogP contribution in [0, 0.1) is 30.6 Å². The van der Waals surface area contributed by atoms with Crippen molar-refractivity contribution < 1.29 is 36.4 Å². The van der Waals surface area contributed by atoms with E-state index in [2.05, 4.69) is 0 Å². The second-order valence-corrected chi connectivity index (χ2v) is 0.447. The zero-order chi connectivity index (χ0) is 7.15. The maximum absolute atomic E-state index is 8.25. The maximum atomic E-state index is 8.25. The van der Waals surface area contributed by atoms with Gasteiger partial charge in [0.05, 0.1) is 10.2 Å². The van der Waals surface area contributed by atoms with Crippen LogP contribution < -0.4 is 0 Å². The van der Waals surface area contributed by atoms with Crippen molar-refractivity contribution in [1.82, 2.24) is 0 Å². The van der Waals surface area contributed by atoms with Gasteiger partial charge in [-0.25, -0.2) is 0 Å². The summed E-state index contributed by atoms with van der Waals surface area (Å²) in [6, 6.07) is 0. The van der Waals surface area contributed by atoms with Crippen LogP contribution in [0.25, 0.3) is 0 Å². The van der Waals surface area contributed by atoms with E-state index < -0.39 is 10.2 Å². The molecule has 0 spiro atoms. The summed E-state index contributed by atoms with van der Waals surface area (Å²) in [5.74, 6) is 0. The van der Waals surface area contributed by atoms with Gasteiger partial charge < -0.3 is 30.6 Å². The fraction of sp³-hybridized carbons (Fsp3) is 0. The molecule has 0 aromatic rings. The van der Waals surface area contributed by atoms with Gasteiger partial charge in [0.1, 0.15) is 0 Å². The van der Waals surface area contributed by atoms with Crippen molar-refractivity contribution >= 4 is 0 Å². The normalized spacial score (nSPS) is 5.33. The molecule has 0 radical (unpaired) electrons. The third-order valence-corrected chi connectivity index (χ3v) is 0. The van der Waals surface area contributed by atoms with Crippen LogP contribution in [0.1, 0.15) is 0 Å². The molecule has 0 saturated carbocycles. The molecular weight excluding hydrogens is 215 g/mol. The Bertz CT molecular complexity index is 69.1.